The Hall–Kier alpha value is -2.57. The first kappa shape index (κ1) is 16.8. The van der Waals surface area contributed by atoms with Crippen LogP contribution in [0.5, 0.6) is 5.75 Å². The second-order valence-corrected chi connectivity index (χ2v) is 5.37. The zero-order valence-electron chi connectivity index (χ0n) is 13.3. The molecule has 0 aliphatic carbocycles. The van der Waals surface area contributed by atoms with Gasteiger partial charge in [-0.25, -0.2) is 9.78 Å². The van der Waals surface area contributed by atoms with Crippen molar-refractivity contribution in [1.82, 2.24) is 14.7 Å². The summed E-state index contributed by atoms with van der Waals surface area (Å²) in [4.78, 5) is 27.4. The van der Waals surface area contributed by atoms with E-state index in [-0.39, 0.29) is 6.61 Å². The van der Waals surface area contributed by atoms with Crippen LogP contribution in [-0.4, -0.2) is 39.0 Å². The van der Waals surface area contributed by atoms with Crippen LogP contribution in [0.3, 0.4) is 0 Å². The van der Waals surface area contributed by atoms with E-state index in [9.17, 15) is 9.59 Å². The lowest BCUT2D eigenvalue weighted by Crippen LogP contribution is -2.42. The first-order valence-electron chi connectivity index (χ1n) is 7.60. The van der Waals surface area contributed by atoms with Crippen LogP contribution in [0.15, 0.2) is 24.5 Å². The lowest BCUT2D eigenvalue weighted by molar-refractivity contribution is -0.142. The van der Waals surface area contributed by atoms with Crippen LogP contribution in [0, 0.1) is 6.92 Å². The summed E-state index contributed by atoms with van der Waals surface area (Å²) in [6, 6.07) is 2.64. The standard InChI is InChI=1S/C16H21N3O4/c1-3-4-6-12(16(21)22)18-14(20)10-23-13-7-5-8-19-9-11(2)17-15(13)19/h5,7-9,12H,3-4,6,10H2,1-2H3,(H,18,20)(H,21,22). The van der Waals surface area contributed by atoms with Gasteiger partial charge in [-0.2, -0.15) is 0 Å². The average Bonchev–Trinajstić information content (AvgIpc) is 2.89. The molecular formula is C16H21N3O4. The van der Waals surface area contributed by atoms with Crippen molar-refractivity contribution in [1.29, 1.82) is 0 Å². The van der Waals surface area contributed by atoms with Gasteiger partial charge in [0.25, 0.3) is 5.91 Å². The Morgan fingerprint density at radius 2 is 2.26 bits per heavy atom. The van der Waals surface area contributed by atoms with Crippen LogP contribution in [0.2, 0.25) is 0 Å². The summed E-state index contributed by atoms with van der Waals surface area (Å²) < 4.78 is 7.30. The maximum absolute atomic E-state index is 11.9. The Morgan fingerprint density at radius 1 is 1.48 bits per heavy atom. The van der Waals surface area contributed by atoms with E-state index in [0.717, 1.165) is 18.5 Å². The van der Waals surface area contributed by atoms with E-state index >= 15 is 0 Å². The largest absolute Gasteiger partial charge is 0.480 e. The molecule has 1 unspecified atom stereocenters. The van der Waals surface area contributed by atoms with Gasteiger partial charge in [0, 0.05) is 12.4 Å². The highest BCUT2D eigenvalue weighted by Crippen LogP contribution is 2.18. The molecule has 2 aromatic heterocycles. The van der Waals surface area contributed by atoms with Crippen molar-refractivity contribution < 1.29 is 19.4 Å². The number of rotatable bonds is 8. The number of amides is 1. The molecule has 2 N–H and O–H groups in total. The van der Waals surface area contributed by atoms with E-state index in [2.05, 4.69) is 10.3 Å². The van der Waals surface area contributed by atoms with E-state index in [1.54, 1.807) is 12.1 Å². The van der Waals surface area contributed by atoms with E-state index in [0.29, 0.717) is 17.8 Å². The number of fused-ring (bicyclic) bond motifs is 1. The molecule has 0 aliphatic rings. The molecule has 1 amide bonds. The molecular weight excluding hydrogens is 298 g/mol. The summed E-state index contributed by atoms with van der Waals surface area (Å²) in [6.45, 7) is 3.59. The van der Waals surface area contributed by atoms with Crippen LogP contribution >= 0.6 is 0 Å². The van der Waals surface area contributed by atoms with Crippen LogP contribution in [0.4, 0.5) is 0 Å². The average molecular weight is 319 g/mol. The van der Waals surface area contributed by atoms with Crippen molar-refractivity contribution in [3.63, 3.8) is 0 Å². The smallest absolute Gasteiger partial charge is 0.326 e. The van der Waals surface area contributed by atoms with Gasteiger partial charge >= 0.3 is 5.97 Å². The highest BCUT2D eigenvalue weighted by Gasteiger charge is 2.19. The molecule has 0 saturated heterocycles. The predicted octanol–water partition coefficient (Wildman–Crippen LogP) is 1.78. The monoisotopic (exact) mass is 319 g/mol. The number of carbonyl (C=O) groups excluding carboxylic acids is 1. The number of hydrogen-bond acceptors (Lipinski definition) is 4. The van der Waals surface area contributed by atoms with Gasteiger partial charge in [-0.15, -0.1) is 0 Å². The quantitative estimate of drug-likeness (QED) is 0.773. The number of ether oxygens (including phenoxy) is 1. The highest BCUT2D eigenvalue weighted by atomic mass is 16.5. The van der Waals surface area contributed by atoms with E-state index < -0.39 is 17.9 Å². The second kappa shape index (κ2) is 7.62. The van der Waals surface area contributed by atoms with E-state index in [1.807, 2.05) is 30.6 Å². The molecule has 0 bridgehead atoms. The van der Waals surface area contributed by atoms with Gasteiger partial charge in [0.05, 0.1) is 5.69 Å². The van der Waals surface area contributed by atoms with Gasteiger partial charge in [0.15, 0.2) is 18.0 Å². The van der Waals surface area contributed by atoms with Gasteiger partial charge in [0.1, 0.15) is 6.04 Å². The predicted molar refractivity (Wildman–Crippen MR) is 84.5 cm³/mol. The van der Waals surface area contributed by atoms with Crippen molar-refractivity contribution in [2.45, 2.75) is 39.2 Å². The molecule has 0 aliphatic heterocycles. The number of nitrogens with one attached hydrogen (secondary N) is 1. The second-order valence-electron chi connectivity index (χ2n) is 5.37. The first-order chi connectivity index (χ1) is 11.0. The molecule has 0 radical (unpaired) electrons. The van der Waals surface area contributed by atoms with Crippen LogP contribution in [0.1, 0.15) is 31.9 Å². The third kappa shape index (κ3) is 4.45. The Kier molecular flexibility index (Phi) is 5.56. The Labute approximate surface area is 134 Å². The Morgan fingerprint density at radius 3 is 2.96 bits per heavy atom. The van der Waals surface area contributed by atoms with Gasteiger partial charge in [0.2, 0.25) is 0 Å². The molecule has 2 heterocycles. The maximum atomic E-state index is 11.9. The summed E-state index contributed by atoms with van der Waals surface area (Å²) in [6.07, 6.45) is 5.72. The normalized spacial score (nSPS) is 12.1. The Balaban J connectivity index is 1.96. The number of aromatic nitrogens is 2. The molecule has 0 aromatic carbocycles. The van der Waals surface area contributed by atoms with Crippen molar-refractivity contribution in [2.24, 2.45) is 0 Å². The summed E-state index contributed by atoms with van der Waals surface area (Å²) in [7, 11) is 0. The molecule has 23 heavy (non-hydrogen) atoms. The van der Waals surface area contributed by atoms with E-state index in [1.165, 1.54) is 0 Å². The minimum absolute atomic E-state index is 0.249. The number of nitrogens with zero attached hydrogens (tertiary/aromatic N) is 2. The minimum atomic E-state index is -1.03. The lowest BCUT2D eigenvalue weighted by atomic mass is 10.1. The molecule has 2 aromatic rings. The fourth-order valence-corrected chi connectivity index (χ4v) is 2.27. The number of aliphatic carboxylic acids is 1. The van der Waals surface area contributed by atoms with Crippen molar-refractivity contribution in [3.8, 4) is 5.75 Å². The maximum Gasteiger partial charge on any atom is 0.326 e. The number of imidazole rings is 1. The zero-order chi connectivity index (χ0) is 16.8. The van der Waals surface area contributed by atoms with Crippen LogP contribution in [-0.2, 0) is 9.59 Å². The number of carboxylic acids is 1. The molecule has 7 nitrogen and oxygen atoms in total. The van der Waals surface area contributed by atoms with Crippen molar-refractivity contribution >= 4 is 17.5 Å². The third-order valence-electron chi connectivity index (χ3n) is 3.41. The van der Waals surface area contributed by atoms with Crippen molar-refractivity contribution in [2.75, 3.05) is 6.61 Å². The number of aryl methyl sites for hydroxylation is 1. The summed E-state index contributed by atoms with van der Waals surface area (Å²) in [5.74, 6) is -1.01. The lowest BCUT2D eigenvalue weighted by Gasteiger charge is -2.14. The van der Waals surface area contributed by atoms with Gasteiger partial charge < -0.3 is 19.6 Å². The number of carboxylic acid groups (broad SMARTS) is 1. The molecule has 0 saturated carbocycles. The van der Waals surface area contributed by atoms with Crippen LogP contribution in [0.25, 0.3) is 5.65 Å². The molecule has 2 rings (SSSR count). The van der Waals surface area contributed by atoms with Crippen LogP contribution < -0.4 is 10.1 Å². The summed E-state index contributed by atoms with van der Waals surface area (Å²) >= 11 is 0. The number of hydrogen-bond donors (Lipinski definition) is 2. The molecule has 124 valence electrons. The number of unbranched alkanes of at least 4 members (excludes halogenated alkanes) is 1. The SMILES string of the molecule is CCCCC(NC(=O)COc1cccn2cc(C)nc12)C(=O)O. The third-order valence-corrected chi connectivity index (χ3v) is 3.41. The fraction of sp³-hybridized carbons (Fsp3) is 0.438. The van der Waals surface area contributed by atoms with Gasteiger partial charge in [-0.05, 0) is 25.5 Å². The summed E-state index contributed by atoms with van der Waals surface area (Å²) in [5, 5.41) is 11.6. The topological polar surface area (TPSA) is 92.9 Å². The molecule has 0 spiro atoms. The van der Waals surface area contributed by atoms with E-state index in [4.69, 9.17) is 9.84 Å². The Bertz CT molecular complexity index is 696. The molecule has 1 atom stereocenters. The summed E-state index contributed by atoms with van der Waals surface area (Å²) in [5.41, 5.74) is 1.47. The van der Waals surface area contributed by atoms with Gasteiger partial charge in [-0.3, -0.25) is 4.79 Å². The number of pyridine rings is 1. The number of carbonyl (C=O) groups is 2. The highest BCUT2D eigenvalue weighted by molar-refractivity contribution is 5.84. The van der Waals surface area contributed by atoms with Gasteiger partial charge in [-0.1, -0.05) is 19.8 Å². The first-order valence-corrected chi connectivity index (χ1v) is 7.60. The fourth-order valence-electron chi connectivity index (χ4n) is 2.27. The molecule has 0 fully saturated rings. The zero-order valence-corrected chi connectivity index (χ0v) is 13.3. The minimum Gasteiger partial charge on any atom is -0.480 e. The molecule has 7 heteroatoms. The van der Waals surface area contributed by atoms with Crippen molar-refractivity contribution in [3.05, 3.63) is 30.2 Å².